The molecule has 2 heterocycles. The van der Waals surface area contributed by atoms with E-state index in [-0.39, 0.29) is 0 Å². The van der Waals surface area contributed by atoms with E-state index in [2.05, 4.69) is 23.3 Å². The van der Waals surface area contributed by atoms with Crippen molar-refractivity contribution in [2.24, 2.45) is 0 Å². The Morgan fingerprint density at radius 2 is 2.00 bits per heavy atom. The van der Waals surface area contributed by atoms with Crippen LogP contribution in [-0.2, 0) is 13.0 Å². The lowest BCUT2D eigenvalue weighted by atomic mass is 10.0. The Hall–Kier alpha value is -2.62. The predicted molar refractivity (Wildman–Crippen MR) is 81.2 cm³/mol. The molecule has 0 saturated carbocycles. The van der Waals surface area contributed by atoms with E-state index in [1.807, 2.05) is 35.0 Å². The number of nitrogens with zero attached hydrogens (tertiary/aromatic N) is 3. The van der Waals surface area contributed by atoms with Gasteiger partial charge in [0.25, 0.3) is 0 Å². The monoisotopic (exact) mass is 277 g/mol. The van der Waals surface area contributed by atoms with Crippen molar-refractivity contribution < 1.29 is 4.74 Å². The van der Waals surface area contributed by atoms with Crippen LogP contribution < -0.4 is 4.74 Å². The molecule has 0 spiro atoms. The van der Waals surface area contributed by atoms with Gasteiger partial charge in [0.15, 0.2) is 11.6 Å². The van der Waals surface area contributed by atoms with Gasteiger partial charge in [-0.15, -0.1) is 0 Å². The molecule has 0 bridgehead atoms. The van der Waals surface area contributed by atoms with Gasteiger partial charge in [0.2, 0.25) is 0 Å². The van der Waals surface area contributed by atoms with Gasteiger partial charge in [-0.3, -0.25) is 0 Å². The fourth-order valence-corrected chi connectivity index (χ4v) is 2.76. The summed E-state index contributed by atoms with van der Waals surface area (Å²) in [6, 6.07) is 16.3. The van der Waals surface area contributed by atoms with Crippen molar-refractivity contribution in [2.45, 2.75) is 13.0 Å². The third-order valence-corrected chi connectivity index (χ3v) is 3.85. The maximum absolute atomic E-state index is 5.27. The third kappa shape index (κ3) is 2.00. The van der Waals surface area contributed by atoms with Crippen molar-refractivity contribution in [2.75, 3.05) is 7.11 Å². The van der Waals surface area contributed by atoms with Crippen molar-refractivity contribution in [1.82, 2.24) is 14.8 Å². The van der Waals surface area contributed by atoms with Crippen LogP contribution >= 0.6 is 0 Å². The second-order valence-corrected chi connectivity index (χ2v) is 5.12. The number of benzene rings is 2. The maximum Gasteiger partial charge on any atom is 0.181 e. The maximum atomic E-state index is 5.27. The molecule has 4 heteroatoms. The molecule has 1 aliphatic heterocycles. The highest BCUT2D eigenvalue weighted by atomic mass is 16.5. The Morgan fingerprint density at radius 1 is 1.10 bits per heavy atom. The molecular weight excluding hydrogens is 262 g/mol. The Labute approximate surface area is 123 Å². The molecule has 0 radical (unpaired) electrons. The smallest absolute Gasteiger partial charge is 0.181 e. The van der Waals surface area contributed by atoms with Crippen molar-refractivity contribution >= 4 is 0 Å². The SMILES string of the molecule is COc1cccc(-c2nc3n(n2)CCc2ccccc2-3)c1. The number of methoxy groups -OCH3 is 1. The molecule has 1 aromatic heterocycles. The Morgan fingerprint density at radius 3 is 2.90 bits per heavy atom. The zero-order chi connectivity index (χ0) is 14.2. The summed E-state index contributed by atoms with van der Waals surface area (Å²) in [5.74, 6) is 2.52. The van der Waals surface area contributed by atoms with Crippen molar-refractivity contribution in [3.63, 3.8) is 0 Å². The summed E-state index contributed by atoms with van der Waals surface area (Å²) in [4.78, 5) is 4.73. The molecule has 0 aliphatic carbocycles. The number of hydrogen-bond donors (Lipinski definition) is 0. The van der Waals surface area contributed by atoms with Crippen LogP contribution in [0.4, 0.5) is 0 Å². The Kier molecular flexibility index (Phi) is 2.74. The summed E-state index contributed by atoms with van der Waals surface area (Å²) in [5.41, 5.74) is 3.51. The first kappa shape index (κ1) is 12.1. The van der Waals surface area contributed by atoms with Crippen molar-refractivity contribution in [1.29, 1.82) is 0 Å². The lowest BCUT2D eigenvalue weighted by Crippen LogP contribution is -2.11. The number of rotatable bonds is 2. The van der Waals surface area contributed by atoms with E-state index in [4.69, 9.17) is 9.72 Å². The molecule has 0 unspecified atom stereocenters. The topological polar surface area (TPSA) is 39.9 Å². The van der Waals surface area contributed by atoms with Crippen LogP contribution in [0.15, 0.2) is 48.5 Å². The molecule has 0 N–H and O–H groups in total. The Bertz CT molecular complexity index is 807. The quantitative estimate of drug-likeness (QED) is 0.722. The van der Waals surface area contributed by atoms with Crippen LogP contribution in [0, 0.1) is 0 Å². The Balaban J connectivity index is 1.83. The van der Waals surface area contributed by atoms with E-state index >= 15 is 0 Å². The minimum atomic E-state index is 0.751. The molecular formula is C17H15N3O. The van der Waals surface area contributed by atoms with E-state index in [1.54, 1.807) is 7.11 Å². The molecule has 4 nitrogen and oxygen atoms in total. The van der Waals surface area contributed by atoms with Crippen LogP contribution in [0.1, 0.15) is 5.56 Å². The van der Waals surface area contributed by atoms with Crippen LogP contribution in [0.2, 0.25) is 0 Å². The molecule has 3 aromatic rings. The molecule has 2 aromatic carbocycles. The van der Waals surface area contributed by atoms with Crippen molar-refractivity contribution in [3.8, 4) is 28.5 Å². The summed E-state index contributed by atoms with van der Waals surface area (Å²) in [6.45, 7) is 0.878. The fourth-order valence-electron chi connectivity index (χ4n) is 2.76. The van der Waals surface area contributed by atoms with Crippen LogP contribution in [0.3, 0.4) is 0 Å². The van der Waals surface area contributed by atoms with Gasteiger partial charge in [0, 0.05) is 17.7 Å². The van der Waals surface area contributed by atoms with Crippen LogP contribution in [-0.4, -0.2) is 21.9 Å². The van der Waals surface area contributed by atoms with Gasteiger partial charge < -0.3 is 4.74 Å². The van der Waals surface area contributed by atoms with Gasteiger partial charge in [-0.2, -0.15) is 5.10 Å². The van der Waals surface area contributed by atoms with E-state index < -0.39 is 0 Å². The minimum absolute atomic E-state index is 0.751. The number of ether oxygens (including phenoxy) is 1. The summed E-state index contributed by atoms with van der Waals surface area (Å²) in [6.07, 6.45) is 1.00. The van der Waals surface area contributed by atoms with Crippen LogP contribution in [0.25, 0.3) is 22.8 Å². The summed E-state index contributed by atoms with van der Waals surface area (Å²) in [7, 11) is 1.67. The molecule has 1 aliphatic rings. The molecule has 0 amide bonds. The average Bonchev–Trinajstić information content (AvgIpc) is 2.99. The van der Waals surface area contributed by atoms with Gasteiger partial charge >= 0.3 is 0 Å². The fraction of sp³-hybridized carbons (Fsp3) is 0.176. The third-order valence-electron chi connectivity index (χ3n) is 3.85. The lowest BCUT2D eigenvalue weighted by molar-refractivity contribution is 0.415. The first-order valence-corrected chi connectivity index (χ1v) is 7.03. The van der Waals surface area contributed by atoms with Gasteiger partial charge in [0.05, 0.1) is 7.11 Å². The first-order valence-electron chi connectivity index (χ1n) is 7.03. The molecule has 0 fully saturated rings. The highest BCUT2D eigenvalue weighted by Crippen LogP contribution is 2.30. The van der Waals surface area contributed by atoms with Crippen LogP contribution in [0.5, 0.6) is 5.75 Å². The highest BCUT2D eigenvalue weighted by molar-refractivity contribution is 5.66. The average molecular weight is 277 g/mol. The zero-order valence-electron chi connectivity index (χ0n) is 11.8. The zero-order valence-corrected chi connectivity index (χ0v) is 11.8. The number of aromatic nitrogens is 3. The van der Waals surface area contributed by atoms with E-state index in [1.165, 1.54) is 11.1 Å². The molecule has 0 atom stereocenters. The largest absolute Gasteiger partial charge is 0.497 e. The summed E-state index contributed by atoms with van der Waals surface area (Å²) in [5, 5.41) is 4.65. The van der Waals surface area contributed by atoms with Gasteiger partial charge in [-0.1, -0.05) is 36.4 Å². The van der Waals surface area contributed by atoms with Gasteiger partial charge in [0.1, 0.15) is 5.75 Å². The van der Waals surface area contributed by atoms with E-state index in [9.17, 15) is 0 Å². The number of fused-ring (bicyclic) bond motifs is 3. The summed E-state index contributed by atoms with van der Waals surface area (Å²) < 4.78 is 7.27. The summed E-state index contributed by atoms with van der Waals surface area (Å²) >= 11 is 0. The second kappa shape index (κ2) is 4.74. The highest BCUT2D eigenvalue weighted by Gasteiger charge is 2.20. The molecule has 104 valence electrons. The molecule has 21 heavy (non-hydrogen) atoms. The normalized spacial score (nSPS) is 12.6. The van der Waals surface area contributed by atoms with E-state index in [0.717, 1.165) is 35.9 Å². The van der Waals surface area contributed by atoms with Crippen molar-refractivity contribution in [3.05, 3.63) is 54.1 Å². The first-order chi connectivity index (χ1) is 10.3. The van der Waals surface area contributed by atoms with Gasteiger partial charge in [-0.25, -0.2) is 9.67 Å². The standard InChI is InChI=1S/C17H15N3O/c1-21-14-7-4-6-13(11-14)16-18-17-15-8-3-2-5-12(15)9-10-20(17)19-16/h2-8,11H,9-10H2,1H3. The number of aryl methyl sites for hydroxylation is 2. The van der Waals surface area contributed by atoms with Gasteiger partial charge in [-0.05, 0) is 24.1 Å². The number of hydrogen-bond acceptors (Lipinski definition) is 3. The lowest BCUT2D eigenvalue weighted by Gasteiger charge is -2.15. The second-order valence-electron chi connectivity index (χ2n) is 5.12. The van der Waals surface area contributed by atoms with E-state index in [0.29, 0.717) is 0 Å². The minimum Gasteiger partial charge on any atom is -0.497 e. The molecule has 4 rings (SSSR count). The predicted octanol–water partition coefficient (Wildman–Crippen LogP) is 3.18. The molecule has 0 saturated heterocycles.